The molecule has 7 aromatic carbocycles. The smallest absolute Gasteiger partial charge is 0.137 e. The van der Waals surface area contributed by atoms with E-state index in [0.29, 0.717) is 6.67 Å². The fourth-order valence-corrected chi connectivity index (χ4v) is 10.3. The maximum absolute atomic E-state index is 6.90. The minimum atomic E-state index is -0.0312. The van der Waals surface area contributed by atoms with E-state index in [4.69, 9.17) is 9.72 Å². The molecule has 0 aliphatic carbocycles. The highest BCUT2D eigenvalue weighted by Gasteiger charge is 2.31. The number of ether oxygens (including phenoxy) is 1. The topological polar surface area (TPSA) is 33.5 Å². The van der Waals surface area contributed by atoms with E-state index in [1.54, 1.807) is 0 Å². The van der Waals surface area contributed by atoms with Gasteiger partial charge in [-0.3, -0.25) is 4.57 Å². The van der Waals surface area contributed by atoms with Crippen molar-refractivity contribution in [3.63, 3.8) is 0 Å². The van der Waals surface area contributed by atoms with Crippen LogP contribution in [0.5, 0.6) is 11.5 Å². The SMILES string of the molecule is Cc1cc(C)cc(-c2cc(-c3c(C)cccc3C)cc(N3CN(c4cccc(Oc5ccc6c7ccc(C(C)(C)C)cc7n(-c7cc(C(C)(C)C)ccn7)c6c5)c4)c4cc(C(C)(C)C)ccc43)c2)c1. The van der Waals surface area contributed by atoms with Crippen LogP contribution in [0, 0.1) is 27.7 Å². The number of rotatable bonds is 7. The summed E-state index contributed by atoms with van der Waals surface area (Å²) in [5.41, 5.74) is 20.6. The van der Waals surface area contributed by atoms with Gasteiger partial charge in [-0.25, -0.2) is 4.98 Å². The van der Waals surface area contributed by atoms with Crippen molar-refractivity contribution in [2.75, 3.05) is 16.5 Å². The summed E-state index contributed by atoms with van der Waals surface area (Å²) in [5, 5.41) is 2.36. The molecule has 0 atom stereocenters. The number of pyridine rings is 1. The summed E-state index contributed by atoms with van der Waals surface area (Å²) in [7, 11) is 0. The minimum absolute atomic E-state index is 0.00932. The van der Waals surface area contributed by atoms with Gasteiger partial charge in [-0.05, 0) is 167 Å². The molecule has 69 heavy (non-hydrogen) atoms. The first-order chi connectivity index (χ1) is 32.7. The van der Waals surface area contributed by atoms with Gasteiger partial charge in [0.2, 0.25) is 0 Å². The van der Waals surface area contributed by atoms with E-state index in [1.807, 2.05) is 6.20 Å². The van der Waals surface area contributed by atoms with Crippen LogP contribution in [0.2, 0.25) is 0 Å². The quantitative estimate of drug-likeness (QED) is 0.160. The lowest BCUT2D eigenvalue weighted by Crippen LogP contribution is -2.24. The Hall–Kier alpha value is -7.11. The number of aromatic nitrogens is 2. The van der Waals surface area contributed by atoms with Gasteiger partial charge in [0, 0.05) is 40.5 Å². The van der Waals surface area contributed by atoms with Crippen LogP contribution >= 0.6 is 0 Å². The third-order valence-corrected chi connectivity index (χ3v) is 14.1. The van der Waals surface area contributed by atoms with Crippen molar-refractivity contribution in [2.45, 2.75) is 106 Å². The molecule has 348 valence electrons. The summed E-state index contributed by atoms with van der Waals surface area (Å²) in [5.74, 6) is 2.45. The lowest BCUT2D eigenvalue weighted by atomic mass is 9.86. The second-order valence-electron chi connectivity index (χ2n) is 22.6. The highest BCUT2D eigenvalue weighted by atomic mass is 16.5. The van der Waals surface area contributed by atoms with Crippen LogP contribution < -0.4 is 14.5 Å². The third-order valence-electron chi connectivity index (χ3n) is 14.1. The van der Waals surface area contributed by atoms with Crippen LogP contribution in [0.1, 0.15) is 101 Å². The van der Waals surface area contributed by atoms with Crippen LogP contribution in [-0.4, -0.2) is 16.2 Å². The maximum Gasteiger partial charge on any atom is 0.137 e. The summed E-state index contributed by atoms with van der Waals surface area (Å²) in [6.07, 6.45) is 1.95. The van der Waals surface area contributed by atoms with Crippen molar-refractivity contribution < 1.29 is 4.74 Å². The number of fused-ring (bicyclic) bond motifs is 4. The van der Waals surface area contributed by atoms with Crippen molar-refractivity contribution in [1.82, 2.24) is 9.55 Å². The average Bonchev–Trinajstić information content (AvgIpc) is 3.83. The van der Waals surface area contributed by atoms with E-state index in [1.165, 1.54) is 83.3 Å². The van der Waals surface area contributed by atoms with Crippen LogP contribution in [0.15, 0.2) is 152 Å². The molecule has 1 aliphatic rings. The Labute approximate surface area is 410 Å². The van der Waals surface area contributed by atoms with Crippen molar-refractivity contribution in [3.8, 4) is 39.6 Å². The van der Waals surface area contributed by atoms with Gasteiger partial charge in [0.15, 0.2) is 0 Å². The summed E-state index contributed by atoms with van der Waals surface area (Å²) < 4.78 is 9.23. The van der Waals surface area contributed by atoms with Crippen LogP contribution in [0.25, 0.3) is 49.9 Å². The molecule has 0 saturated carbocycles. The lowest BCUT2D eigenvalue weighted by Gasteiger charge is -2.24. The second kappa shape index (κ2) is 16.8. The van der Waals surface area contributed by atoms with E-state index in [2.05, 4.69) is 250 Å². The van der Waals surface area contributed by atoms with Gasteiger partial charge in [-0.2, -0.15) is 0 Å². The normalized spacial score (nSPS) is 13.2. The Kier molecular flexibility index (Phi) is 11.1. The Morgan fingerprint density at radius 2 is 1.01 bits per heavy atom. The molecule has 0 radical (unpaired) electrons. The van der Waals surface area contributed by atoms with Gasteiger partial charge in [0.25, 0.3) is 0 Å². The van der Waals surface area contributed by atoms with Gasteiger partial charge in [0.1, 0.15) is 24.0 Å². The van der Waals surface area contributed by atoms with Gasteiger partial charge < -0.3 is 14.5 Å². The highest BCUT2D eigenvalue weighted by molar-refractivity contribution is 6.09. The molecule has 0 N–H and O–H groups in total. The minimum Gasteiger partial charge on any atom is -0.457 e. The average molecular weight is 907 g/mol. The molecule has 1 aliphatic heterocycles. The Bertz CT molecular complexity index is 3420. The van der Waals surface area contributed by atoms with E-state index >= 15 is 0 Å². The molecule has 2 aromatic heterocycles. The van der Waals surface area contributed by atoms with Gasteiger partial charge in [-0.1, -0.05) is 134 Å². The lowest BCUT2D eigenvalue weighted by molar-refractivity contribution is 0.483. The first-order valence-electron chi connectivity index (χ1n) is 24.5. The number of aryl methyl sites for hydroxylation is 4. The standard InChI is InChI=1S/C64H66N4O/c1-40-28-41(2)30-44(29-40)45-31-46(61-42(3)16-14-17-43(61)4)33-51(32-45)67-39-66(59-35-48(63(8,9)10)21-25-56(59)67)50-18-15-19-52(37-50)69-53-22-24-55-54-23-20-47(62(5,6)7)34-57(54)68(58(55)38-53)60-36-49(26-27-65-60)64(11,12)13/h14-38H,39H2,1-13H3. The molecule has 9 aromatic rings. The number of hydrogen-bond acceptors (Lipinski definition) is 4. The molecule has 0 fully saturated rings. The Morgan fingerprint density at radius 3 is 1.71 bits per heavy atom. The molecule has 0 bridgehead atoms. The van der Waals surface area contributed by atoms with Crippen LogP contribution in [-0.2, 0) is 16.2 Å². The number of benzene rings is 7. The summed E-state index contributed by atoms with van der Waals surface area (Å²) in [6, 6.07) is 54.0. The van der Waals surface area contributed by atoms with Gasteiger partial charge >= 0.3 is 0 Å². The predicted molar refractivity (Wildman–Crippen MR) is 293 cm³/mol. The third kappa shape index (κ3) is 8.69. The molecule has 0 amide bonds. The molecule has 5 nitrogen and oxygen atoms in total. The molecular weight excluding hydrogens is 841 g/mol. The first-order valence-corrected chi connectivity index (χ1v) is 24.5. The Morgan fingerprint density at radius 1 is 0.449 bits per heavy atom. The summed E-state index contributed by atoms with van der Waals surface area (Å²) >= 11 is 0. The number of nitrogens with zero attached hydrogens (tertiary/aromatic N) is 4. The fraction of sp³-hybridized carbons (Fsp3) is 0.266. The zero-order valence-electron chi connectivity index (χ0n) is 42.8. The molecule has 3 heterocycles. The largest absolute Gasteiger partial charge is 0.457 e. The van der Waals surface area contributed by atoms with Gasteiger partial charge in [0.05, 0.1) is 22.4 Å². The summed E-state index contributed by atoms with van der Waals surface area (Å²) in [6.45, 7) is 29.9. The highest BCUT2D eigenvalue weighted by Crippen LogP contribution is 2.49. The zero-order chi connectivity index (χ0) is 48.7. The van der Waals surface area contributed by atoms with E-state index in [9.17, 15) is 0 Å². The Balaban J connectivity index is 1.07. The van der Waals surface area contributed by atoms with Gasteiger partial charge in [-0.15, -0.1) is 0 Å². The predicted octanol–water partition coefficient (Wildman–Crippen LogP) is 17.7. The first kappa shape index (κ1) is 45.7. The van der Waals surface area contributed by atoms with E-state index in [0.717, 1.165) is 39.7 Å². The maximum atomic E-state index is 6.90. The molecule has 10 rings (SSSR count). The molecule has 5 heteroatoms. The van der Waals surface area contributed by atoms with Crippen LogP contribution in [0.3, 0.4) is 0 Å². The van der Waals surface area contributed by atoms with Crippen molar-refractivity contribution >= 4 is 44.6 Å². The monoisotopic (exact) mass is 907 g/mol. The molecule has 0 spiro atoms. The van der Waals surface area contributed by atoms with Crippen molar-refractivity contribution in [2.24, 2.45) is 0 Å². The molecule has 0 unspecified atom stereocenters. The van der Waals surface area contributed by atoms with Crippen LogP contribution in [0.4, 0.5) is 22.7 Å². The van der Waals surface area contributed by atoms with E-state index in [-0.39, 0.29) is 16.2 Å². The molecular formula is C64H66N4O. The fourth-order valence-electron chi connectivity index (χ4n) is 10.3. The van der Waals surface area contributed by atoms with E-state index < -0.39 is 0 Å². The summed E-state index contributed by atoms with van der Waals surface area (Å²) in [4.78, 5) is 9.92. The molecule has 0 saturated heterocycles. The van der Waals surface area contributed by atoms with Crippen molar-refractivity contribution in [3.05, 3.63) is 191 Å². The zero-order valence-corrected chi connectivity index (χ0v) is 42.8. The number of hydrogen-bond donors (Lipinski definition) is 0. The number of anilines is 4. The van der Waals surface area contributed by atoms with Crippen molar-refractivity contribution in [1.29, 1.82) is 0 Å². The second-order valence-corrected chi connectivity index (χ2v) is 22.6.